The first-order chi connectivity index (χ1) is 9.61. The van der Waals surface area contributed by atoms with E-state index in [0.717, 1.165) is 17.7 Å². The number of aryl methyl sites for hydroxylation is 5. The molecule has 0 bridgehead atoms. The molecule has 0 N–H and O–H groups in total. The molecule has 2 rings (SSSR count). The monoisotopic (exact) mass is 294 g/mol. The van der Waals surface area contributed by atoms with Gasteiger partial charge in [0.25, 0.3) is 0 Å². The van der Waals surface area contributed by atoms with Gasteiger partial charge >= 0.3 is 6.18 Å². The summed E-state index contributed by atoms with van der Waals surface area (Å²) in [7, 11) is 0. The third kappa shape index (κ3) is 5.25. The van der Waals surface area contributed by atoms with Gasteiger partial charge in [-0.2, -0.15) is 13.2 Å². The summed E-state index contributed by atoms with van der Waals surface area (Å²) < 4.78 is 36.3. The SMILES string of the molecule is Cc1ccc(C(F)(F)F)cc1C.Cc1ccc(C)c(C)c1. The summed E-state index contributed by atoms with van der Waals surface area (Å²) in [6, 6.07) is 10.2. The zero-order chi connectivity index (χ0) is 16.2. The quantitative estimate of drug-likeness (QED) is 0.564. The predicted molar refractivity (Wildman–Crippen MR) is 81.6 cm³/mol. The lowest BCUT2D eigenvalue weighted by molar-refractivity contribution is -0.137. The fraction of sp³-hybridized carbons (Fsp3) is 0.333. The number of rotatable bonds is 0. The van der Waals surface area contributed by atoms with Crippen molar-refractivity contribution >= 4 is 0 Å². The molecular weight excluding hydrogens is 273 g/mol. The third-order valence-corrected chi connectivity index (χ3v) is 3.50. The molecule has 0 amide bonds. The Morgan fingerprint density at radius 3 is 1.48 bits per heavy atom. The molecule has 0 aromatic heterocycles. The molecule has 0 unspecified atom stereocenters. The van der Waals surface area contributed by atoms with Crippen LogP contribution < -0.4 is 0 Å². The van der Waals surface area contributed by atoms with Gasteiger partial charge in [-0.05, 0) is 69.0 Å². The maximum absolute atomic E-state index is 12.1. The van der Waals surface area contributed by atoms with E-state index in [0.29, 0.717) is 5.56 Å². The highest BCUT2D eigenvalue weighted by Gasteiger charge is 2.30. The van der Waals surface area contributed by atoms with Crippen molar-refractivity contribution < 1.29 is 13.2 Å². The first-order valence-corrected chi connectivity index (χ1v) is 6.79. The molecule has 2 aromatic rings. The van der Waals surface area contributed by atoms with Crippen molar-refractivity contribution in [1.29, 1.82) is 0 Å². The molecule has 0 aliphatic heterocycles. The van der Waals surface area contributed by atoms with Gasteiger partial charge in [-0.25, -0.2) is 0 Å². The molecule has 0 fully saturated rings. The van der Waals surface area contributed by atoms with Crippen LogP contribution in [0.25, 0.3) is 0 Å². The van der Waals surface area contributed by atoms with Crippen molar-refractivity contribution in [1.82, 2.24) is 0 Å². The smallest absolute Gasteiger partial charge is 0.166 e. The summed E-state index contributed by atoms with van der Waals surface area (Å²) in [5.41, 5.74) is 5.08. The summed E-state index contributed by atoms with van der Waals surface area (Å²) in [5, 5.41) is 0. The van der Waals surface area contributed by atoms with Crippen molar-refractivity contribution in [2.45, 2.75) is 40.8 Å². The van der Waals surface area contributed by atoms with Gasteiger partial charge in [-0.15, -0.1) is 0 Å². The van der Waals surface area contributed by atoms with Gasteiger partial charge in [0.05, 0.1) is 5.56 Å². The van der Waals surface area contributed by atoms with Crippen molar-refractivity contribution in [3.63, 3.8) is 0 Å². The van der Waals surface area contributed by atoms with Crippen LogP contribution in [0.4, 0.5) is 13.2 Å². The maximum Gasteiger partial charge on any atom is 0.416 e. The van der Waals surface area contributed by atoms with E-state index in [-0.39, 0.29) is 0 Å². The first-order valence-electron chi connectivity index (χ1n) is 6.79. The minimum Gasteiger partial charge on any atom is -0.166 e. The van der Waals surface area contributed by atoms with Crippen LogP contribution in [0.15, 0.2) is 36.4 Å². The van der Waals surface area contributed by atoms with E-state index >= 15 is 0 Å². The number of alkyl halides is 3. The van der Waals surface area contributed by atoms with Crippen molar-refractivity contribution in [3.8, 4) is 0 Å². The lowest BCUT2D eigenvalue weighted by Crippen LogP contribution is -2.05. The van der Waals surface area contributed by atoms with Crippen LogP contribution in [0.5, 0.6) is 0 Å². The molecule has 114 valence electrons. The predicted octanol–water partition coefficient (Wildman–Crippen LogP) is 5.93. The summed E-state index contributed by atoms with van der Waals surface area (Å²) >= 11 is 0. The molecule has 3 heteroatoms. The van der Waals surface area contributed by atoms with Crippen LogP contribution in [0.3, 0.4) is 0 Å². The molecule has 0 aliphatic rings. The Bertz CT molecular complexity index is 610. The van der Waals surface area contributed by atoms with E-state index in [4.69, 9.17) is 0 Å². The summed E-state index contributed by atoms with van der Waals surface area (Å²) in [4.78, 5) is 0. The average Bonchev–Trinajstić information content (AvgIpc) is 2.37. The van der Waals surface area contributed by atoms with Gasteiger partial charge < -0.3 is 0 Å². The molecule has 0 saturated heterocycles. The maximum atomic E-state index is 12.1. The van der Waals surface area contributed by atoms with Gasteiger partial charge in [0.2, 0.25) is 0 Å². The normalized spacial score (nSPS) is 10.9. The molecule has 0 spiro atoms. The summed E-state index contributed by atoms with van der Waals surface area (Å²) in [5.74, 6) is 0. The Balaban J connectivity index is 0.000000219. The Labute approximate surface area is 124 Å². The van der Waals surface area contributed by atoms with Crippen LogP contribution in [0.2, 0.25) is 0 Å². The lowest BCUT2D eigenvalue weighted by atomic mass is 10.1. The second-order valence-corrected chi connectivity index (χ2v) is 5.38. The Morgan fingerprint density at radius 1 is 0.619 bits per heavy atom. The molecule has 0 aliphatic carbocycles. The molecule has 2 aromatic carbocycles. The molecule has 0 saturated carbocycles. The van der Waals surface area contributed by atoms with E-state index in [1.807, 2.05) is 0 Å². The fourth-order valence-corrected chi connectivity index (χ4v) is 1.81. The second-order valence-electron chi connectivity index (χ2n) is 5.38. The zero-order valence-electron chi connectivity index (χ0n) is 13.1. The number of hydrogen-bond acceptors (Lipinski definition) is 0. The van der Waals surface area contributed by atoms with E-state index < -0.39 is 11.7 Å². The number of hydrogen-bond donors (Lipinski definition) is 0. The topological polar surface area (TPSA) is 0 Å². The number of benzene rings is 2. The highest BCUT2D eigenvalue weighted by Crippen LogP contribution is 2.30. The average molecular weight is 294 g/mol. The van der Waals surface area contributed by atoms with Crippen LogP contribution >= 0.6 is 0 Å². The van der Waals surface area contributed by atoms with Crippen molar-refractivity contribution in [2.75, 3.05) is 0 Å². The van der Waals surface area contributed by atoms with Crippen LogP contribution in [0.1, 0.15) is 33.4 Å². The zero-order valence-corrected chi connectivity index (χ0v) is 13.1. The molecular formula is C18H21F3. The van der Waals surface area contributed by atoms with Gasteiger partial charge in [-0.3, -0.25) is 0 Å². The highest BCUT2D eigenvalue weighted by molar-refractivity contribution is 5.31. The van der Waals surface area contributed by atoms with Crippen molar-refractivity contribution in [2.24, 2.45) is 0 Å². The highest BCUT2D eigenvalue weighted by atomic mass is 19.4. The van der Waals surface area contributed by atoms with E-state index in [9.17, 15) is 13.2 Å². The van der Waals surface area contributed by atoms with Gasteiger partial charge in [0, 0.05) is 0 Å². The first kappa shape index (κ1) is 17.3. The molecule has 0 radical (unpaired) electrons. The largest absolute Gasteiger partial charge is 0.416 e. The standard InChI is InChI=1S/C9H9F3.C9H12/c1-6-3-4-8(5-7(6)2)9(10,11)12;1-7-4-5-8(2)9(3)6-7/h3-5H,1-2H3;4-6H,1-3H3. The molecule has 21 heavy (non-hydrogen) atoms. The molecule has 0 heterocycles. The fourth-order valence-electron chi connectivity index (χ4n) is 1.81. The van der Waals surface area contributed by atoms with Crippen LogP contribution in [0, 0.1) is 34.6 Å². The lowest BCUT2D eigenvalue weighted by Gasteiger charge is -2.08. The van der Waals surface area contributed by atoms with Gasteiger partial charge in [0.1, 0.15) is 0 Å². The molecule has 0 nitrogen and oxygen atoms in total. The van der Waals surface area contributed by atoms with Gasteiger partial charge in [-0.1, -0.05) is 29.8 Å². The second kappa shape index (κ2) is 6.79. The van der Waals surface area contributed by atoms with E-state index in [1.165, 1.54) is 22.8 Å². The van der Waals surface area contributed by atoms with Crippen LogP contribution in [-0.4, -0.2) is 0 Å². The Kier molecular flexibility index (Phi) is 5.59. The summed E-state index contributed by atoms with van der Waals surface area (Å²) in [6.45, 7) is 9.85. The number of halogens is 3. The third-order valence-electron chi connectivity index (χ3n) is 3.50. The summed E-state index contributed by atoms with van der Waals surface area (Å²) in [6.07, 6.45) is -4.22. The van der Waals surface area contributed by atoms with Crippen LogP contribution in [-0.2, 0) is 6.18 Å². The molecule has 0 atom stereocenters. The van der Waals surface area contributed by atoms with E-state index in [1.54, 1.807) is 13.8 Å². The Morgan fingerprint density at radius 2 is 1.10 bits per heavy atom. The van der Waals surface area contributed by atoms with E-state index in [2.05, 4.69) is 39.0 Å². The minimum absolute atomic E-state index is 0.578. The Hall–Kier alpha value is -1.77. The minimum atomic E-state index is -4.22. The van der Waals surface area contributed by atoms with Gasteiger partial charge in [0.15, 0.2) is 0 Å². The van der Waals surface area contributed by atoms with Crippen molar-refractivity contribution in [3.05, 3.63) is 69.8 Å².